The molecule has 0 heterocycles. The third-order valence-electron chi connectivity index (χ3n) is 5.70. The highest BCUT2D eigenvalue weighted by Crippen LogP contribution is 2.65. The van der Waals surface area contributed by atoms with E-state index in [0.29, 0.717) is 25.7 Å². The summed E-state index contributed by atoms with van der Waals surface area (Å²) in [7, 11) is -5.68. The van der Waals surface area contributed by atoms with Gasteiger partial charge in [0.05, 0.1) is 10.8 Å². The van der Waals surface area contributed by atoms with E-state index in [1.807, 2.05) is 0 Å². The number of hydrogen-bond acceptors (Lipinski definition) is 5. The van der Waals surface area contributed by atoms with Crippen LogP contribution < -0.4 is 0 Å². The summed E-state index contributed by atoms with van der Waals surface area (Å²) in [5.74, 6) is -1.93. The number of aliphatic carboxylic acids is 1. The van der Waals surface area contributed by atoms with Crippen molar-refractivity contribution in [2.75, 3.05) is 6.61 Å². The Labute approximate surface area is 137 Å². The number of halogens is 2. The summed E-state index contributed by atoms with van der Waals surface area (Å²) >= 11 is 0. The van der Waals surface area contributed by atoms with Gasteiger partial charge in [0.1, 0.15) is 0 Å². The molecule has 0 aromatic carbocycles. The van der Waals surface area contributed by atoms with E-state index in [1.165, 1.54) is 0 Å². The molecule has 24 heavy (non-hydrogen) atoms. The Morgan fingerprint density at radius 1 is 1.12 bits per heavy atom. The van der Waals surface area contributed by atoms with Gasteiger partial charge in [0.15, 0.2) is 6.61 Å². The SMILES string of the molecule is O=C(O)C12C[C@H]3C[C@@H](C1)CC(C(=O)OCC(F)(F)S(=O)(=O)O)(C3)C2. The van der Waals surface area contributed by atoms with Crippen molar-refractivity contribution in [2.45, 2.75) is 43.8 Å². The molecule has 4 fully saturated rings. The number of carbonyl (C=O) groups excluding carboxylic acids is 1. The summed E-state index contributed by atoms with van der Waals surface area (Å²) in [6.45, 7) is -1.78. The normalized spacial score (nSPS) is 38.1. The Balaban J connectivity index is 1.79. The molecule has 2 N–H and O–H groups in total. The van der Waals surface area contributed by atoms with Crippen molar-refractivity contribution < 1.29 is 41.2 Å². The van der Waals surface area contributed by atoms with Crippen LogP contribution in [-0.4, -0.2) is 41.9 Å². The molecule has 2 unspecified atom stereocenters. The molecule has 0 radical (unpaired) electrons. The van der Waals surface area contributed by atoms with Gasteiger partial charge in [-0.3, -0.25) is 14.1 Å². The van der Waals surface area contributed by atoms with Crippen molar-refractivity contribution in [3.8, 4) is 0 Å². The zero-order chi connectivity index (χ0) is 18.0. The van der Waals surface area contributed by atoms with E-state index < -0.39 is 44.7 Å². The second kappa shape index (κ2) is 5.10. The fourth-order valence-corrected chi connectivity index (χ4v) is 5.34. The van der Waals surface area contributed by atoms with Gasteiger partial charge in [-0.2, -0.15) is 17.2 Å². The summed E-state index contributed by atoms with van der Waals surface area (Å²) in [5.41, 5.74) is -2.19. The zero-order valence-corrected chi connectivity index (χ0v) is 13.5. The number of esters is 1. The zero-order valence-electron chi connectivity index (χ0n) is 12.7. The van der Waals surface area contributed by atoms with Gasteiger partial charge < -0.3 is 9.84 Å². The first kappa shape index (κ1) is 17.5. The van der Waals surface area contributed by atoms with E-state index in [1.54, 1.807) is 0 Å². The lowest BCUT2D eigenvalue weighted by Gasteiger charge is -2.59. The first-order valence-corrected chi connectivity index (χ1v) is 9.09. The number of rotatable bonds is 5. The van der Waals surface area contributed by atoms with Crippen molar-refractivity contribution in [2.24, 2.45) is 22.7 Å². The van der Waals surface area contributed by atoms with E-state index in [-0.39, 0.29) is 18.3 Å². The van der Waals surface area contributed by atoms with Gasteiger partial charge in [-0.1, -0.05) is 0 Å². The van der Waals surface area contributed by atoms with Crippen molar-refractivity contribution in [1.82, 2.24) is 0 Å². The van der Waals surface area contributed by atoms with Gasteiger partial charge in [-0.05, 0) is 50.4 Å². The Kier molecular flexibility index (Phi) is 3.73. The summed E-state index contributed by atoms with van der Waals surface area (Å²) in [4.78, 5) is 24.1. The van der Waals surface area contributed by atoms with Gasteiger partial charge in [0, 0.05) is 0 Å². The highest BCUT2D eigenvalue weighted by molar-refractivity contribution is 7.86. The molecule has 4 rings (SSSR count). The molecule has 4 bridgehead atoms. The maximum absolute atomic E-state index is 13.3. The van der Waals surface area contributed by atoms with Crippen molar-refractivity contribution in [3.05, 3.63) is 0 Å². The van der Waals surface area contributed by atoms with Crippen LogP contribution in [0.4, 0.5) is 8.78 Å². The lowest BCUT2D eigenvalue weighted by molar-refractivity contribution is -0.193. The largest absolute Gasteiger partial charge is 0.481 e. The number of alkyl halides is 2. The smallest absolute Gasteiger partial charge is 0.402 e. The highest BCUT2D eigenvalue weighted by Gasteiger charge is 2.64. The van der Waals surface area contributed by atoms with Crippen LogP contribution in [0.15, 0.2) is 0 Å². The predicted molar refractivity (Wildman–Crippen MR) is 74.6 cm³/mol. The Morgan fingerprint density at radius 3 is 2.08 bits per heavy atom. The first-order chi connectivity index (χ1) is 10.9. The minimum atomic E-state index is -5.68. The number of carbonyl (C=O) groups is 2. The second-order valence-electron chi connectivity index (χ2n) is 7.52. The molecule has 10 heteroatoms. The van der Waals surface area contributed by atoms with Gasteiger partial charge >= 0.3 is 27.3 Å². The monoisotopic (exact) mass is 368 g/mol. The Hall–Kier alpha value is -1.29. The minimum absolute atomic E-state index is 0.0250. The minimum Gasteiger partial charge on any atom is -0.481 e. The molecule has 4 atom stereocenters. The molecule has 0 saturated heterocycles. The topological polar surface area (TPSA) is 118 Å². The third kappa shape index (κ3) is 2.59. The molecule has 0 aliphatic heterocycles. The van der Waals surface area contributed by atoms with E-state index in [9.17, 15) is 31.9 Å². The summed E-state index contributed by atoms with van der Waals surface area (Å²) < 4.78 is 60.7. The molecule has 0 amide bonds. The molecular weight excluding hydrogens is 350 g/mol. The van der Waals surface area contributed by atoms with Crippen LogP contribution in [0.2, 0.25) is 0 Å². The van der Waals surface area contributed by atoms with Crippen LogP contribution in [-0.2, 0) is 24.4 Å². The van der Waals surface area contributed by atoms with Gasteiger partial charge in [0.2, 0.25) is 0 Å². The van der Waals surface area contributed by atoms with Crippen LogP contribution in [0.25, 0.3) is 0 Å². The average molecular weight is 368 g/mol. The maximum Gasteiger partial charge on any atom is 0.402 e. The molecular formula is C14H18F2O7S. The molecule has 0 spiro atoms. The fourth-order valence-electron chi connectivity index (χ4n) is 5.13. The van der Waals surface area contributed by atoms with E-state index >= 15 is 0 Å². The number of carboxylic acid groups (broad SMARTS) is 1. The molecule has 0 aromatic rings. The Morgan fingerprint density at radius 2 is 1.62 bits per heavy atom. The lowest BCUT2D eigenvalue weighted by Crippen LogP contribution is -2.58. The number of ether oxygens (including phenoxy) is 1. The standard InChI is InChI=1S/C14H18F2O7S/c15-14(16,24(20,21)22)7-23-11(19)13-4-8-1-9(5-13)3-12(2-8,6-13)10(17)18/h8-9H,1-7H2,(H,17,18)(H,20,21,22)/t8-,9+,12?,13?. The summed E-state index contributed by atoms with van der Waals surface area (Å²) in [5, 5.41) is 4.97. The van der Waals surface area contributed by atoms with Gasteiger partial charge in [0.25, 0.3) is 0 Å². The number of carboxylic acids is 1. The third-order valence-corrected chi connectivity index (χ3v) is 6.57. The summed E-state index contributed by atoms with van der Waals surface area (Å²) in [6, 6.07) is 0. The molecule has 4 aliphatic rings. The van der Waals surface area contributed by atoms with Crippen LogP contribution in [0.3, 0.4) is 0 Å². The first-order valence-electron chi connectivity index (χ1n) is 7.65. The van der Waals surface area contributed by atoms with Crippen LogP contribution in [0.1, 0.15) is 38.5 Å². The molecule has 136 valence electrons. The Bertz CT molecular complexity index is 673. The predicted octanol–water partition coefficient (Wildman–Crippen LogP) is 1.68. The highest BCUT2D eigenvalue weighted by atomic mass is 32.2. The van der Waals surface area contributed by atoms with Crippen LogP contribution >= 0.6 is 0 Å². The second-order valence-corrected chi connectivity index (χ2v) is 9.06. The van der Waals surface area contributed by atoms with E-state index in [2.05, 4.69) is 4.74 Å². The molecule has 0 aromatic heterocycles. The quantitative estimate of drug-likeness (QED) is 0.560. The van der Waals surface area contributed by atoms with E-state index in [0.717, 1.165) is 6.42 Å². The molecule has 4 saturated carbocycles. The maximum atomic E-state index is 13.3. The average Bonchev–Trinajstić information content (AvgIpc) is 2.42. The van der Waals surface area contributed by atoms with Gasteiger partial charge in [-0.15, -0.1) is 0 Å². The van der Waals surface area contributed by atoms with Crippen molar-refractivity contribution in [3.63, 3.8) is 0 Å². The van der Waals surface area contributed by atoms with Gasteiger partial charge in [-0.25, -0.2) is 0 Å². The van der Waals surface area contributed by atoms with E-state index in [4.69, 9.17) is 4.55 Å². The molecule has 4 aliphatic carbocycles. The van der Waals surface area contributed by atoms with Crippen molar-refractivity contribution in [1.29, 1.82) is 0 Å². The lowest BCUT2D eigenvalue weighted by atomic mass is 9.44. The summed E-state index contributed by atoms with van der Waals surface area (Å²) in [6.07, 6.45) is 2.51. The molecule has 7 nitrogen and oxygen atoms in total. The fraction of sp³-hybridized carbons (Fsp3) is 0.857. The van der Waals surface area contributed by atoms with Crippen LogP contribution in [0, 0.1) is 22.7 Å². The number of hydrogen-bond donors (Lipinski definition) is 2. The van der Waals surface area contributed by atoms with Crippen LogP contribution in [0.5, 0.6) is 0 Å². The van der Waals surface area contributed by atoms with Crippen molar-refractivity contribution >= 4 is 22.1 Å².